The van der Waals surface area contributed by atoms with Crippen LogP contribution in [-0.2, 0) is 0 Å². The second-order valence-corrected chi connectivity index (χ2v) is 4.48. The van der Waals surface area contributed by atoms with Gasteiger partial charge in [-0.2, -0.15) is 0 Å². The van der Waals surface area contributed by atoms with E-state index in [0.29, 0.717) is 10.9 Å². The van der Waals surface area contributed by atoms with Crippen molar-refractivity contribution in [2.24, 2.45) is 5.92 Å². The van der Waals surface area contributed by atoms with E-state index in [9.17, 15) is 5.11 Å². The van der Waals surface area contributed by atoms with Crippen molar-refractivity contribution in [2.75, 3.05) is 0 Å². The van der Waals surface area contributed by atoms with E-state index in [1.54, 1.807) is 0 Å². The first-order valence-electron chi connectivity index (χ1n) is 5.03. The molecule has 78 valence electrons. The van der Waals surface area contributed by atoms with Crippen molar-refractivity contribution in [3.63, 3.8) is 0 Å². The van der Waals surface area contributed by atoms with Crippen LogP contribution in [0.1, 0.15) is 38.4 Å². The summed E-state index contributed by atoms with van der Waals surface area (Å²) >= 11 is 5.84. The molecule has 0 amide bonds. The Morgan fingerprint density at radius 1 is 1.29 bits per heavy atom. The van der Waals surface area contributed by atoms with Crippen LogP contribution < -0.4 is 0 Å². The van der Waals surface area contributed by atoms with Crippen molar-refractivity contribution in [3.05, 3.63) is 34.9 Å². The zero-order valence-electron chi connectivity index (χ0n) is 8.70. The molecule has 2 heteroatoms. The molecule has 0 aromatic heterocycles. The summed E-state index contributed by atoms with van der Waals surface area (Å²) in [6.07, 6.45) is 1.46. The normalized spacial score (nSPS) is 13.2. The second kappa shape index (κ2) is 5.38. The second-order valence-electron chi connectivity index (χ2n) is 4.04. The Labute approximate surface area is 90.7 Å². The lowest BCUT2D eigenvalue weighted by atomic mass is 10.00. The van der Waals surface area contributed by atoms with Crippen molar-refractivity contribution < 1.29 is 5.11 Å². The van der Waals surface area contributed by atoms with E-state index in [0.717, 1.165) is 18.4 Å². The Balaban J connectivity index is 2.56. The number of aliphatic hydroxyl groups is 1. The summed E-state index contributed by atoms with van der Waals surface area (Å²) in [7, 11) is 0. The summed E-state index contributed by atoms with van der Waals surface area (Å²) in [5.74, 6) is 0.629. The predicted octanol–water partition coefficient (Wildman–Crippen LogP) is 3.81. The van der Waals surface area contributed by atoms with Gasteiger partial charge in [-0.3, -0.25) is 0 Å². The summed E-state index contributed by atoms with van der Waals surface area (Å²) in [6, 6.07) is 7.43. The fraction of sp³-hybridized carbons (Fsp3) is 0.500. The molecule has 0 aliphatic rings. The molecule has 0 saturated heterocycles. The summed E-state index contributed by atoms with van der Waals surface area (Å²) < 4.78 is 0. The number of aliphatic hydroxyl groups excluding tert-OH is 1. The molecule has 0 radical (unpaired) electrons. The molecule has 1 rings (SSSR count). The molecule has 0 heterocycles. The van der Waals surface area contributed by atoms with Crippen LogP contribution in [0.15, 0.2) is 24.3 Å². The maximum atomic E-state index is 9.84. The third kappa shape index (κ3) is 3.69. The Kier molecular flexibility index (Phi) is 4.43. The molecule has 1 N–H and O–H groups in total. The minimum atomic E-state index is -0.379. The van der Waals surface area contributed by atoms with Gasteiger partial charge in [0, 0.05) is 5.02 Å². The zero-order valence-corrected chi connectivity index (χ0v) is 9.46. The first-order chi connectivity index (χ1) is 6.59. The van der Waals surface area contributed by atoms with Crippen molar-refractivity contribution in [1.82, 2.24) is 0 Å². The molecular formula is C12H17ClO. The minimum Gasteiger partial charge on any atom is -0.388 e. The number of halogens is 1. The number of rotatable bonds is 4. The lowest BCUT2D eigenvalue weighted by Crippen LogP contribution is -1.99. The number of hydrogen-bond donors (Lipinski definition) is 1. The lowest BCUT2D eigenvalue weighted by Gasteiger charge is -2.12. The monoisotopic (exact) mass is 212 g/mol. The SMILES string of the molecule is CC(C)CCC(O)c1cccc(Cl)c1. The van der Waals surface area contributed by atoms with Crippen LogP contribution in [-0.4, -0.2) is 5.11 Å². The van der Waals surface area contributed by atoms with Gasteiger partial charge < -0.3 is 5.11 Å². The topological polar surface area (TPSA) is 20.2 Å². The first-order valence-corrected chi connectivity index (χ1v) is 5.41. The zero-order chi connectivity index (χ0) is 10.6. The van der Waals surface area contributed by atoms with Gasteiger partial charge >= 0.3 is 0 Å². The fourth-order valence-electron chi connectivity index (χ4n) is 1.37. The predicted molar refractivity (Wildman–Crippen MR) is 60.5 cm³/mol. The highest BCUT2D eigenvalue weighted by atomic mass is 35.5. The van der Waals surface area contributed by atoms with Crippen LogP contribution in [0.2, 0.25) is 5.02 Å². The van der Waals surface area contributed by atoms with Gasteiger partial charge in [-0.05, 0) is 36.5 Å². The van der Waals surface area contributed by atoms with Gasteiger partial charge in [0.1, 0.15) is 0 Å². The molecule has 1 atom stereocenters. The van der Waals surface area contributed by atoms with Gasteiger partial charge in [0.15, 0.2) is 0 Å². The molecule has 14 heavy (non-hydrogen) atoms. The summed E-state index contributed by atoms with van der Waals surface area (Å²) in [6.45, 7) is 4.31. The van der Waals surface area contributed by atoms with Crippen molar-refractivity contribution >= 4 is 11.6 Å². The molecule has 0 aliphatic heterocycles. The Morgan fingerprint density at radius 2 is 2.00 bits per heavy atom. The van der Waals surface area contributed by atoms with Crippen LogP contribution in [0.5, 0.6) is 0 Å². The maximum absolute atomic E-state index is 9.84. The highest BCUT2D eigenvalue weighted by Gasteiger charge is 2.08. The molecule has 0 bridgehead atoms. The van der Waals surface area contributed by atoms with Crippen molar-refractivity contribution in [2.45, 2.75) is 32.8 Å². The minimum absolute atomic E-state index is 0.379. The average molecular weight is 213 g/mol. The van der Waals surface area contributed by atoms with Crippen LogP contribution in [0, 0.1) is 5.92 Å². The lowest BCUT2D eigenvalue weighted by molar-refractivity contribution is 0.159. The molecule has 1 aromatic rings. The van der Waals surface area contributed by atoms with Gasteiger partial charge in [-0.25, -0.2) is 0 Å². The van der Waals surface area contributed by atoms with Crippen LogP contribution in [0.4, 0.5) is 0 Å². The van der Waals surface area contributed by atoms with Crippen LogP contribution in [0.3, 0.4) is 0 Å². The van der Waals surface area contributed by atoms with Gasteiger partial charge in [0.05, 0.1) is 6.10 Å². The molecule has 0 saturated carbocycles. The molecule has 0 spiro atoms. The van der Waals surface area contributed by atoms with Gasteiger partial charge in [0.2, 0.25) is 0 Å². The van der Waals surface area contributed by atoms with E-state index in [1.165, 1.54) is 0 Å². The Bertz CT molecular complexity index is 283. The van der Waals surface area contributed by atoms with Crippen LogP contribution >= 0.6 is 11.6 Å². The van der Waals surface area contributed by atoms with E-state index in [1.807, 2.05) is 24.3 Å². The first kappa shape index (κ1) is 11.5. The maximum Gasteiger partial charge on any atom is 0.0790 e. The van der Waals surface area contributed by atoms with Gasteiger partial charge in [0.25, 0.3) is 0 Å². The Morgan fingerprint density at radius 3 is 2.57 bits per heavy atom. The highest BCUT2D eigenvalue weighted by Crippen LogP contribution is 2.22. The van der Waals surface area contributed by atoms with Crippen molar-refractivity contribution in [1.29, 1.82) is 0 Å². The number of hydrogen-bond acceptors (Lipinski definition) is 1. The average Bonchev–Trinajstić information content (AvgIpc) is 2.14. The van der Waals surface area contributed by atoms with Crippen molar-refractivity contribution in [3.8, 4) is 0 Å². The molecule has 1 aromatic carbocycles. The standard InChI is InChI=1S/C12H17ClO/c1-9(2)6-7-12(14)10-4-3-5-11(13)8-10/h3-5,8-9,12,14H,6-7H2,1-2H3. The summed E-state index contributed by atoms with van der Waals surface area (Å²) in [4.78, 5) is 0. The smallest absolute Gasteiger partial charge is 0.0790 e. The molecule has 1 nitrogen and oxygen atoms in total. The summed E-state index contributed by atoms with van der Waals surface area (Å²) in [5.41, 5.74) is 0.915. The van der Waals surface area contributed by atoms with Gasteiger partial charge in [-0.15, -0.1) is 0 Å². The van der Waals surface area contributed by atoms with E-state index in [-0.39, 0.29) is 6.10 Å². The Hall–Kier alpha value is -0.530. The third-order valence-corrected chi connectivity index (χ3v) is 2.49. The summed E-state index contributed by atoms with van der Waals surface area (Å²) in [5, 5.41) is 10.5. The fourth-order valence-corrected chi connectivity index (χ4v) is 1.57. The van der Waals surface area contributed by atoms with E-state index in [2.05, 4.69) is 13.8 Å². The van der Waals surface area contributed by atoms with Gasteiger partial charge in [-0.1, -0.05) is 37.6 Å². The highest BCUT2D eigenvalue weighted by molar-refractivity contribution is 6.30. The van der Waals surface area contributed by atoms with E-state index in [4.69, 9.17) is 11.6 Å². The van der Waals surface area contributed by atoms with E-state index >= 15 is 0 Å². The largest absolute Gasteiger partial charge is 0.388 e. The molecule has 1 unspecified atom stereocenters. The van der Waals surface area contributed by atoms with E-state index < -0.39 is 0 Å². The third-order valence-electron chi connectivity index (χ3n) is 2.25. The number of benzene rings is 1. The quantitative estimate of drug-likeness (QED) is 0.805. The molecular weight excluding hydrogens is 196 g/mol. The van der Waals surface area contributed by atoms with Crippen LogP contribution in [0.25, 0.3) is 0 Å². The molecule has 0 fully saturated rings. The molecule has 0 aliphatic carbocycles.